The largest absolute Gasteiger partial charge is 0.481 e. The third-order valence-electron chi connectivity index (χ3n) is 4.08. The molecular formula is C17H18ClN3O3. The van der Waals surface area contributed by atoms with Crippen molar-refractivity contribution in [2.75, 3.05) is 18.0 Å². The molecule has 7 heteroatoms. The molecule has 1 atom stereocenters. The standard InChI is InChI=1S/C17H18ClN3O3/c18-15-5-1-4-13(14(15)7-16(23)24)11-8-19-17(20-9-11)21-6-2-3-12(22)10-21/h1,4-5,8-9,12,22H,2-3,6-7,10H2,(H,23,24). The highest BCUT2D eigenvalue weighted by Crippen LogP contribution is 2.29. The van der Waals surface area contributed by atoms with E-state index >= 15 is 0 Å². The monoisotopic (exact) mass is 347 g/mol. The van der Waals surface area contributed by atoms with Gasteiger partial charge in [0.1, 0.15) is 0 Å². The maximum Gasteiger partial charge on any atom is 0.307 e. The molecule has 1 aromatic heterocycles. The molecule has 0 bridgehead atoms. The van der Waals surface area contributed by atoms with Gasteiger partial charge in [0, 0.05) is 36.1 Å². The van der Waals surface area contributed by atoms with Crippen molar-refractivity contribution in [1.82, 2.24) is 9.97 Å². The van der Waals surface area contributed by atoms with Crippen molar-refractivity contribution in [2.24, 2.45) is 0 Å². The molecule has 0 saturated carbocycles. The molecule has 0 spiro atoms. The van der Waals surface area contributed by atoms with Crippen molar-refractivity contribution in [1.29, 1.82) is 0 Å². The van der Waals surface area contributed by atoms with Gasteiger partial charge in [0.15, 0.2) is 0 Å². The molecule has 1 aliphatic rings. The number of piperidine rings is 1. The van der Waals surface area contributed by atoms with E-state index in [0.29, 0.717) is 23.1 Å². The molecule has 2 heterocycles. The Hall–Kier alpha value is -2.18. The van der Waals surface area contributed by atoms with Crippen LogP contribution in [0.5, 0.6) is 0 Å². The fourth-order valence-electron chi connectivity index (χ4n) is 2.92. The summed E-state index contributed by atoms with van der Waals surface area (Å²) >= 11 is 6.15. The fourth-order valence-corrected chi connectivity index (χ4v) is 3.16. The summed E-state index contributed by atoms with van der Waals surface area (Å²) in [5.41, 5.74) is 1.99. The molecule has 1 unspecified atom stereocenters. The van der Waals surface area contributed by atoms with Gasteiger partial charge in [0.2, 0.25) is 5.95 Å². The second-order valence-electron chi connectivity index (χ2n) is 5.85. The summed E-state index contributed by atoms with van der Waals surface area (Å²) in [4.78, 5) is 21.8. The Morgan fingerprint density at radius 3 is 2.75 bits per heavy atom. The van der Waals surface area contributed by atoms with E-state index in [9.17, 15) is 9.90 Å². The SMILES string of the molecule is O=C(O)Cc1c(Cl)cccc1-c1cnc(N2CCCC(O)C2)nc1. The van der Waals surface area contributed by atoms with Crippen molar-refractivity contribution in [3.8, 4) is 11.1 Å². The maximum absolute atomic E-state index is 11.1. The van der Waals surface area contributed by atoms with Crippen LogP contribution in [0.4, 0.5) is 5.95 Å². The van der Waals surface area contributed by atoms with Crippen LogP contribution in [0, 0.1) is 0 Å². The van der Waals surface area contributed by atoms with E-state index in [4.69, 9.17) is 16.7 Å². The molecule has 1 aliphatic heterocycles. The van der Waals surface area contributed by atoms with E-state index in [1.807, 2.05) is 11.0 Å². The topological polar surface area (TPSA) is 86.5 Å². The highest BCUT2D eigenvalue weighted by Gasteiger charge is 2.20. The molecule has 24 heavy (non-hydrogen) atoms. The molecule has 6 nitrogen and oxygen atoms in total. The second-order valence-corrected chi connectivity index (χ2v) is 6.26. The van der Waals surface area contributed by atoms with Crippen LogP contribution in [0.15, 0.2) is 30.6 Å². The first-order valence-corrected chi connectivity index (χ1v) is 8.17. The Labute approximate surface area is 144 Å². The molecule has 1 fully saturated rings. The molecule has 126 valence electrons. The van der Waals surface area contributed by atoms with Gasteiger partial charge < -0.3 is 15.1 Å². The minimum atomic E-state index is -0.941. The van der Waals surface area contributed by atoms with Gasteiger partial charge in [-0.2, -0.15) is 0 Å². The molecular weight excluding hydrogens is 330 g/mol. The number of aliphatic carboxylic acids is 1. The Balaban J connectivity index is 1.88. The Morgan fingerprint density at radius 2 is 2.08 bits per heavy atom. The number of rotatable bonds is 4. The summed E-state index contributed by atoms with van der Waals surface area (Å²) in [7, 11) is 0. The lowest BCUT2D eigenvalue weighted by molar-refractivity contribution is -0.136. The third kappa shape index (κ3) is 3.66. The molecule has 2 N–H and O–H groups in total. The minimum Gasteiger partial charge on any atom is -0.481 e. The molecule has 0 amide bonds. The number of nitrogens with zero attached hydrogens (tertiary/aromatic N) is 3. The van der Waals surface area contributed by atoms with Crippen LogP contribution in [-0.2, 0) is 11.2 Å². The molecule has 1 saturated heterocycles. The number of aromatic nitrogens is 2. The lowest BCUT2D eigenvalue weighted by Gasteiger charge is -2.30. The zero-order valence-corrected chi connectivity index (χ0v) is 13.8. The average molecular weight is 348 g/mol. The first-order chi connectivity index (χ1) is 11.5. The van der Waals surface area contributed by atoms with Crippen LogP contribution in [0.1, 0.15) is 18.4 Å². The maximum atomic E-state index is 11.1. The minimum absolute atomic E-state index is 0.158. The summed E-state index contributed by atoms with van der Waals surface area (Å²) in [6, 6.07) is 5.26. The van der Waals surface area contributed by atoms with Crippen molar-refractivity contribution in [2.45, 2.75) is 25.4 Å². The number of carboxylic acids is 1. The quantitative estimate of drug-likeness (QED) is 0.883. The predicted molar refractivity (Wildman–Crippen MR) is 91.3 cm³/mol. The van der Waals surface area contributed by atoms with Gasteiger partial charge >= 0.3 is 5.97 Å². The zero-order chi connectivity index (χ0) is 17.1. The van der Waals surface area contributed by atoms with Crippen molar-refractivity contribution >= 4 is 23.5 Å². The Bertz CT molecular complexity index is 736. The van der Waals surface area contributed by atoms with E-state index in [2.05, 4.69) is 9.97 Å². The summed E-state index contributed by atoms with van der Waals surface area (Å²) in [6.07, 6.45) is 4.53. The normalized spacial score (nSPS) is 17.8. The number of aliphatic hydroxyl groups excluding tert-OH is 1. The van der Waals surface area contributed by atoms with Gasteiger partial charge in [0.05, 0.1) is 12.5 Å². The van der Waals surface area contributed by atoms with Crippen LogP contribution in [0.2, 0.25) is 5.02 Å². The van der Waals surface area contributed by atoms with Crippen molar-refractivity contribution in [3.63, 3.8) is 0 Å². The molecule has 2 aromatic rings. The molecule has 3 rings (SSSR count). The van der Waals surface area contributed by atoms with Crippen LogP contribution in [0.25, 0.3) is 11.1 Å². The van der Waals surface area contributed by atoms with E-state index < -0.39 is 5.97 Å². The second kappa shape index (κ2) is 7.15. The fraction of sp³-hybridized carbons (Fsp3) is 0.353. The number of hydrogen-bond donors (Lipinski definition) is 2. The van der Waals surface area contributed by atoms with E-state index in [0.717, 1.165) is 30.5 Å². The number of carboxylic acid groups (broad SMARTS) is 1. The van der Waals surface area contributed by atoms with Crippen molar-refractivity contribution in [3.05, 3.63) is 41.2 Å². The summed E-state index contributed by atoms with van der Waals surface area (Å²) < 4.78 is 0. The molecule has 0 aliphatic carbocycles. The van der Waals surface area contributed by atoms with E-state index in [-0.39, 0.29) is 12.5 Å². The summed E-state index contributed by atoms with van der Waals surface area (Å²) in [5.74, 6) is -0.372. The third-order valence-corrected chi connectivity index (χ3v) is 4.43. The van der Waals surface area contributed by atoms with Gasteiger partial charge in [-0.1, -0.05) is 23.7 Å². The predicted octanol–water partition coefficient (Wildman–Crippen LogP) is 2.39. The highest BCUT2D eigenvalue weighted by atomic mass is 35.5. The van der Waals surface area contributed by atoms with Crippen LogP contribution in [0.3, 0.4) is 0 Å². The number of hydrogen-bond acceptors (Lipinski definition) is 5. The number of aliphatic hydroxyl groups is 1. The van der Waals surface area contributed by atoms with Gasteiger partial charge in [-0.3, -0.25) is 4.79 Å². The Morgan fingerprint density at radius 1 is 1.33 bits per heavy atom. The van der Waals surface area contributed by atoms with Gasteiger partial charge in [0.25, 0.3) is 0 Å². The summed E-state index contributed by atoms with van der Waals surface area (Å²) in [5, 5.41) is 19.3. The van der Waals surface area contributed by atoms with Crippen LogP contribution >= 0.6 is 11.6 Å². The van der Waals surface area contributed by atoms with Crippen LogP contribution < -0.4 is 4.90 Å². The number of β-amino-alcohol motifs (C(OH)–C–C–N with tert-alkyl or cyclic N) is 1. The van der Waals surface area contributed by atoms with Gasteiger partial charge in [-0.05, 0) is 30.0 Å². The number of benzene rings is 1. The van der Waals surface area contributed by atoms with E-state index in [1.54, 1.807) is 24.5 Å². The molecule has 0 radical (unpaired) electrons. The smallest absolute Gasteiger partial charge is 0.307 e. The number of halogens is 1. The first kappa shape index (κ1) is 16.7. The molecule has 1 aromatic carbocycles. The first-order valence-electron chi connectivity index (χ1n) is 7.79. The summed E-state index contributed by atoms with van der Waals surface area (Å²) in [6.45, 7) is 1.35. The average Bonchev–Trinajstić information content (AvgIpc) is 2.57. The lowest BCUT2D eigenvalue weighted by atomic mass is 10.00. The number of anilines is 1. The van der Waals surface area contributed by atoms with Gasteiger partial charge in [-0.25, -0.2) is 9.97 Å². The van der Waals surface area contributed by atoms with Crippen LogP contribution in [-0.4, -0.2) is 45.3 Å². The number of carbonyl (C=O) groups is 1. The van der Waals surface area contributed by atoms with E-state index in [1.165, 1.54) is 0 Å². The Kier molecular flexibility index (Phi) is 4.97. The zero-order valence-electron chi connectivity index (χ0n) is 13.0. The van der Waals surface area contributed by atoms with Crippen molar-refractivity contribution < 1.29 is 15.0 Å². The highest BCUT2D eigenvalue weighted by molar-refractivity contribution is 6.32. The van der Waals surface area contributed by atoms with Gasteiger partial charge in [-0.15, -0.1) is 0 Å². The lowest BCUT2D eigenvalue weighted by Crippen LogP contribution is -2.39.